The maximum absolute atomic E-state index is 5.98. The molecule has 0 atom stereocenters. The highest BCUT2D eigenvalue weighted by Gasteiger charge is 2.03. The summed E-state index contributed by atoms with van der Waals surface area (Å²) in [5.41, 5.74) is 1.98. The smallest absolute Gasteiger partial charge is 0.0930 e. The van der Waals surface area contributed by atoms with Crippen LogP contribution in [0.5, 0.6) is 0 Å². The number of nitrogens with zero attached hydrogens (tertiary/aromatic N) is 1. The third kappa shape index (κ3) is 2.59. The van der Waals surface area contributed by atoms with E-state index in [9.17, 15) is 0 Å². The van der Waals surface area contributed by atoms with Crippen LogP contribution >= 0.6 is 11.6 Å². The maximum Gasteiger partial charge on any atom is 0.0930 e. The maximum atomic E-state index is 5.98. The molecule has 0 heterocycles. The molecule has 0 bridgehead atoms. The van der Waals surface area contributed by atoms with E-state index in [1.165, 1.54) is 0 Å². The van der Waals surface area contributed by atoms with Crippen molar-refractivity contribution < 1.29 is 4.84 Å². The highest BCUT2D eigenvalue weighted by molar-refractivity contribution is 6.33. The van der Waals surface area contributed by atoms with Gasteiger partial charge in [-0.15, -0.1) is 0 Å². The van der Waals surface area contributed by atoms with Crippen LogP contribution in [0, 0.1) is 0 Å². The van der Waals surface area contributed by atoms with Crippen LogP contribution in [0.25, 0.3) is 0 Å². The molecule has 0 aromatic heterocycles. The molecule has 3 nitrogen and oxygen atoms in total. The highest BCUT2D eigenvalue weighted by atomic mass is 35.5. The van der Waals surface area contributed by atoms with Crippen LogP contribution in [-0.2, 0) is 11.4 Å². The Morgan fingerprint density at radius 2 is 2.15 bits per heavy atom. The lowest BCUT2D eigenvalue weighted by atomic mass is 10.2. The quantitative estimate of drug-likeness (QED) is 0.757. The fourth-order valence-corrected chi connectivity index (χ4v) is 1.37. The van der Waals surface area contributed by atoms with Crippen LogP contribution in [0.2, 0.25) is 5.02 Å². The van der Waals surface area contributed by atoms with E-state index in [1.54, 1.807) is 0 Å². The average molecular weight is 201 g/mol. The molecule has 0 amide bonds. The van der Waals surface area contributed by atoms with Gasteiger partial charge in [0.1, 0.15) is 0 Å². The minimum Gasteiger partial charge on any atom is -0.376 e. The van der Waals surface area contributed by atoms with Crippen LogP contribution in [0.4, 0.5) is 5.69 Å². The van der Waals surface area contributed by atoms with Gasteiger partial charge in [0.15, 0.2) is 0 Å². The number of rotatable bonds is 3. The van der Waals surface area contributed by atoms with Gasteiger partial charge in [-0.05, 0) is 17.7 Å². The minimum absolute atomic E-state index is 0.401. The summed E-state index contributed by atoms with van der Waals surface area (Å²) in [4.78, 5) is 6.49. The molecule has 72 valence electrons. The second-order valence-corrected chi connectivity index (χ2v) is 3.40. The third-order valence-corrected chi connectivity index (χ3v) is 2.06. The molecule has 0 aliphatic carbocycles. The topological polar surface area (TPSA) is 38.5 Å². The van der Waals surface area contributed by atoms with Gasteiger partial charge < -0.3 is 4.90 Å². The first-order chi connectivity index (χ1) is 6.15. The number of nitrogens with two attached hydrogens (primary N) is 1. The van der Waals surface area contributed by atoms with Gasteiger partial charge in [-0.3, -0.25) is 4.84 Å². The van der Waals surface area contributed by atoms with Crippen molar-refractivity contribution in [3.8, 4) is 0 Å². The van der Waals surface area contributed by atoms with Crippen molar-refractivity contribution in [3.05, 3.63) is 28.8 Å². The molecule has 1 aromatic carbocycles. The van der Waals surface area contributed by atoms with E-state index in [4.69, 9.17) is 17.5 Å². The van der Waals surface area contributed by atoms with Crippen LogP contribution in [0.15, 0.2) is 18.2 Å². The number of benzene rings is 1. The normalized spacial score (nSPS) is 10.2. The van der Waals surface area contributed by atoms with E-state index >= 15 is 0 Å². The van der Waals surface area contributed by atoms with E-state index in [2.05, 4.69) is 4.84 Å². The van der Waals surface area contributed by atoms with Crippen LogP contribution in [0.1, 0.15) is 5.56 Å². The molecule has 13 heavy (non-hydrogen) atoms. The summed E-state index contributed by atoms with van der Waals surface area (Å²) in [7, 11) is 3.88. The lowest BCUT2D eigenvalue weighted by Crippen LogP contribution is -2.10. The summed E-state index contributed by atoms with van der Waals surface area (Å²) in [6.45, 7) is 0.401. The first-order valence-electron chi connectivity index (χ1n) is 3.92. The monoisotopic (exact) mass is 200 g/mol. The predicted octanol–water partition coefficient (Wildman–Crippen LogP) is 1.80. The Hall–Kier alpha value is -0.770. The molecule has 0 spiro atoms. The summed E-state index contributed by atoms with van der Waals surface area (Å²) in [5.74, 6) is 4.98. The lowest BCUT2D eigenvalue weighted by Gasteiger charge is -2.15. The van der Waals surface area contributed by atoms with Gasteiger partial charge in [0.25, 0.3) is 0 Å². The Labute approximate surface area is 83.0 Å². The Kier molecular flexibility index (Phi) is 3.54. The van der Waals surface area contributed by atoms with Gasteiger partial charge in [0, 0.05) is 14.1 Å². The molecule has 1 aromatic rings. The van der Waals surface area contributed by atoms with Gasteiger partial charge in [0.05, 0.1) is 17.3 Å². The summed E-state index contributed by atoms with van der Waals surface area (Å²) in [6.07, 6.45) is 0. The van der Waals surface area contributed by atoms with Crippen molar-refractivity contribution in [1.82, 2.24) is 0 Å². The highest BCUT2D eigenvalue weighted by Crippen LogP contribution is 2.25. The molecule has 0 aliphatic rings. The van der Waals surface area contributed by atoms with Crippen molar-refractivity contribution in [2.45, 2.75) is 6.61 Å². The van der Waals surface area contributed by atoms with Gasteiger partial charge in [-0.2, -0.15) is 0 Å². The van der Waals surface area contributed by atoms with Crippen molar-refractivity contribution in [3.63, 3.8) is 0 Å². The van der Waals surface area contributed by atoms with Gasteiger partial charge in [-0.25, -0.2) is 5.90 Å². The summed E-state index contributed by atoms with van der Waals surface area (Å²) < 4.78 is 0. The zero-order chi connectivity index (χ0) is 9.84. The second kappa shape index (κ2) is 4.46. The number of halogens is 1. The average Bonchev–Trinajstić information content (AvgIpc) is 2.08. The largest absolute Gasteiger partial charge is 0.376 e. The standard InChI is InChI=1S/C9H13ClN2O/c1-12(2)9-5-7(6-13-11)3-4-8(9)10/h3-5H,6,11H2,1-2H3. The van der Waals surface area contributed by atoms with Crippen LogP contribution in [-0.4, -0.2) is 14.1 Å². The predicted molar refractivity (Wildman–Crippen MR) is 54.8 cm³/mol. The molecule has 0 fully saturated rings. The molecule has 2 N–H and O–H groups in total. The van der Waals surface area contributed by atoms with E-state index in [1.807, 2.05) is 37.2 Å². The molecule has 0 saturated heterocycles. The van der Waals surface area contributed by atoms with Crippen molar-refractivity contribution >= 4 is 17.3 Å². The first kappa shape index (κ1) is 10.3. The Balaban J connectivity index is 2.97. The molecule has 0 unspecified atom stereocenters. The SMILES string of the molecule is CN(C)c1cc(CON)ccc1Cl. The van der Waals surface area contributed by atoms with Gasteiger partial charge in [0.2, 0.25) is 0 Å². The number of hydrogen-bond donors (Lipinski definition) is 1. The minimum atomic E-state index is 0.401. The second-order valence-electron chi connectivity index (χ2n) is 2.99. The molecule has 0 aliphatic heterocycles. The Morgan fingerprint density at radius 1 is 1.46 bits per heavy atom. The first-order valence-corrected chi connectivity index (χ1v) is 4.30. The molecule has 0 saturated carbocycles. The molecular formula is C9H13ClN2O. The third-order valence-electron chi connectivity index (χ3n) is 1.74. The lowest BCUT2D eigenvalue weighted by molar-refractivity contribution is 0.124. The van der Waals surface area contributed by atoms with E-state index in [0.29, 0.717) is 6.61 Å². The van der Waals surface area contributed by atoms with E-state index in [-0.39, 0.29) is 0 Å². The van der Waals surface area contributed by atoms with Crippen molar-refractivity contribution in [2.75, 3.05) is 19.0 Å². The van der Waals surface area contributed by atoms with E-state index in [0.717, 1.165) is 16.3 Å². The Morgan fingerprint density at radius 3 is 2.69 bits per heavy atom. The van der Waals surface area contributed by atoms with Crippen LogP contribution in [0.3, 0.4) is 0 Å². The molecular weight excluding hydrogens is 188 g/mol. The van der Waals surface area contributed by atoms with Crippen LogP contribution < -0.4 is 10.8 Å². The zero-order valence-corrected chi connectivity index (χ0v) is 8.51. The number of hydrogen-bond acceptors (Lipinski definition) is 3. The fourth-order valence-electron chi connectivity index (χ4n) is 1.09. The molecule has 0 radical (unpaired) electrons. The van der Waals surface area contributed by atoms with Gasteiger partial charge in [-0.1, -0.05) is 17.7 Å². The summed E-state index contributed by atoms with van der Waals surface area (Å²) >= 11 is 5.98. The van der Waals surface area contributed by atoms with Gasteiger partial charge >= 0.3 is 0 Å². The molecule has 4 heteroatoms. The number of anilines is 1. The summed E-state index contributed by atoms with van der Waals surface area (Å²) in [5, 5.41) is 0.728. The van der Waals surface area contributed by atoms with Crippen molar-refractivity contribution in [1.29, 1.82) is 0 Å². The zero-order valence-electron chi connectivity index (χ0n) is 7.75. The molecule has 1 rings (SSSR count). The fraction of sp³-hybridized carbons (Fsp3) is 0.333. The Bertz CT molecular complexity index is 289. The van der Waals surface area contributed by atoms with E-state index < -0.39 is 0 Å². The summed E-state index contributed by atoms with van der Waals surface area (Å²) in [6, 6.07) is 5.68. The van der Waals surface area contributed by atoms with Crippen molar-refractivity contribution in [2.24, 2.45) is 5.90 Å².